The number of aromatic nitrogens is 3. The molecule has 4 rings (SSSR count). The van der Waals surface area contributed by atoms with Crippen LogP contribution in [0.2, 0.25) is 0 Å². The van der Waals surface area contributed by atoms with Crippen molar-refractivity contribution in [2.75, 3.05) is 13.7 Å². The summed E-state index contributed by atoms with van der Waals surface area (Å²) in [5.74, 6) is 0.432. The van der Waals surface area contributed by atoms with Gasteiger partial charge in [0.05, 0.1) is 11.6 Å². The van der Waals surface area contributed by atoms with Gasteiger partial charge in [-0.2, -0.15) is 0 Å². The van der Waals surface area contributed by atoms with Crippen molar-refractivity contribution < 1.29 is 23.2 Å². The highest BCUT2D eigenvalue weighted by Gasteiger charge is 2.26. The van der Waals surface area contributed by atoms with Crippen LogP contribution in [0.3, 0.4) is 0 Å². The van der Waals surface area contributed by atoms with Gasteiger partial charge in [-0.3, -0.25) is 14.7 Å². The molecule has 1 aromatic heterocycles. The van der Waals surface area contributed by atoms with Crippen LogP contribution in [0.1, 0.15) is 22.2 Å². The summed E-state index contributed by atoms with van der Waals surface area (Å²) in [6.45, 7) is 1.30. The number of halogens is 3. The third-order valence-corrected chi connectivity index (χ3v) is 7.17. The van der Waals surface area contributed by atoms with Crippen LogP contribution in [0.4, 0.5) is 8.78 Å². The Balaban J connectivity index is 1.66. The first kappa shape index (κ1) is 26.6. The average Bonchev–Trinajstić information content (AvgIpc) is 3.23. The monoisotopic (exact) mass is 590 g/mol. The summed E-state index contributed by atoms with van der Waals surface area (Å²) >= 11 is 4.62. The average molecular weight is 591 g/mol. The van der Waals surface area contributed by atoms with Crippen molar-refractivity contribution in [3.8, 4) is 17.2 Å². The van der Waals surface area contributed by atoms with Crippen molar-refractivity contribution in [2.24, 2.45) is 0 Å². The number of nitrogens with zero attached hydrogens (tertiary/aromatic N) is 4. The van der Waals surface area contributed by atoms with E-state index in [1.165, 1.54) is 25.3 Å². The molecule has 3 aromatic carbocycles. The summed E-state index contributed by atoms with van der Waals surface area (Å²) in [5, 5.41) is 19.6. The molecule has 0 saturated carbocycles. The van der Waals surface area contributed by atoms with E-state index in [1.807, 2.05) is 0 Å². The zero-order chi connectivity index (χ0) is 26.5. The molecule has 37 heavy (non-hydrogen) atoms. The summed E-state index contributed by atoms with van der Waals surface area (Å²) in [4.78, 5) is 11.2. The smallest absolute Gasteiger partial charge is 0.220 e. The van der Waals surface area contributed by atoms with Crippen LogP contribution in [0.25, 0.3) is 5.69 Å². The Labute approximate surface area is 223 Å². The van der Waals surface area contributed by atoms with Gasteiger partial charge in [-0.15, -0.1) is 10.2 Å². The van der Waals surface area contributed by atoms with Gasteiger partial charge in [0.1, 0.15) is 29.3 Å². The number of nitro groups is 1. The van der Waals surface area contributed by atoms with E-state index in [0.29, 0.717) is 43.8 Å². The molecular weight excluding hydrogens is 570 g/mol. The van der Waals surface area contributed by atoms with E-state index >= 15 is 0 Å². The molecule has 4 aromatic rings. The van der Waals surface area contributed by atoms with Crippen LogP contribution < -0.4 is 9.47 Å². The van der Waals surface area contributed by atoms with Gasteiger partial charge < -0.3 is 9.47 Å². The molecule has 0 N–H and O–H groups in total. The summed E-state index contributed by atoms with van der Waals surface area (Å²) in [7, 11) is 1.45. The molecule has 0 bridgehead atoms. The van der Waals surface area contributed by atoms with Gasteiger partial charge in [-0.05, 0) is 70.9 Å². The SMILES string of the molecule is COc1cc([C@H](C[N+](=O)[O-])Sc2nnc(C)n2-c2ccc(F)cc2)cc(Br)c1OCc1ccccc1F. The van der Waals surface area contributed by atoms with Crippen LogP contribution in [-0.2, 0) is 6.61 Å². The Morgan fingerprint density at radius 3 is 2.54 bits per heavy atom. The van der Waals surface area contributed by atoms with E-state index < -0.39 is 22.5 Å². The topological polar surface area (TPSA) is 92.3 Å². The third-order valence-electron chi connectivity index (χ3n) is 5.40. The lowest BCUT2D eigenvalue weighted by Crippen LogP contribution is -2.12. The lowest BCUT2D eigenvalue weighted by atomic mass is 10.1. The number of benzene rings is 3. The van der Waals surface area contributed by atoms with Crippen molar-refractivity contribution in [1.29, 1.82) is 0 Å². The molecule has 0 saturated heterocycles. The quantitative estimate of drug-likeness (QED) is 0.121. The van der Waals surface area contributed by atoms with Crippen LogP contribution in [0.5, 0.6) is 11.5 Å². The third kappa shape index (κ3) is 6.25. The normalized spacial score (nSPS) is 11.8. The molecule has 0 aliphatic carbocycles. The highest BCUT2D eigenvalue weighted by atomic mass is 79.9. The summed E-state index contributed by atoms with van der Waals surface area (Å²) in [6.07, 6.45) is 0. The number of rotatable bonds is 10. The zero-order valence-electron chi connectivity index (χ0n) is 19.7. The molecular formula is C25H21BrF2N4O4S. The molecule has 0 spiro atoms. The number of ether oxygens (including phenoxy) is 2. The second kappa shape index (κ2) is 11.7. The zero-order valence-corrected chi connectivity index (χ0v) is 22.1. The molecule has 0 aliphatic heterocycles. The van der Waals surface area contributed by atoms with Gasteiger partial charge in [-0.1, -0.05) is 30.0 Å². The van der Waals surface area contributed by atoms with E-state index in [1.54, 1.807) is 54.0 Å². The maximum Gasteiger partial charge on any atom is 0.220 e. The summed E-state index contributed by atoms with van der Waals surface area (Å²) < 4.78 is 41.0. The Kier molecular flexibility index (Phi) is 8.39. The summed E-state index contributed by atoms with van der Waals surface area (Å²) in [6, 6.07) is 15.4. The lowest BCUT2D eigenvalue weighted by molar-refractivity contribution is -0.479. The van der Waals surface area contributed by atoms with Crippen LogP contribution in [0, 0.1) is 28.7 Å². The molecule has 0 fully saturated rings. The Morgan fingerprint density at radius 2 is 1.86 bits per heavy atom. The molecule has 0 unspecified atom stereocenters. The molecule has 12 heteroatoms. The Morgan fingerprint density at radius 1 is 1.14 bits per heavy atom. The van der Waals surface area contributed by atoms with Gasteiger partial charge in [0.2, 0.25) is 6.54 Å². The minimum absolute atomic E-state index is 0.0336. The van der Waals surface area contributed by atoms with Crippen molar-refractivity contribution >= 4 is 27.7 Å². The van der Waals surface area contributed by atoms with E-state index in [0.717, 1.165) is 11.8 Å². The predicted octanol–water partition coefficient (Wildman–Crippen LogP) is 6.31. The number of hydrogen-bond acceptors (Lipinski definition) is 7. The van der Waals surface area contributed by atoms with Gasteiger partial charge in [-0.25, -0.2) is 8.78 Å². The highest BCUT2D eigenvalue weighted by Crippen LogP contribution is 2.43. The fourth-order valence-corrected chi connectivity index (χ4v) is 5.34. The standard InChI is InChI=1S/C25H21BrF2N4O4S/c1-15-29-30-25(32(15)19-9-7-18(27)8-10-19)37-23(13-31(33)34)17-11-20(26)24(22(12-17)35-2)36-14-16-5-3-4-6-21(16)28/h3-12,23H,13-14H2,1-2H3/t23-/m0/s1. The second-order valence-electron chi connectivity index (χ2n) is 7.88. The predicted molar refractivity (Wildman–Crippen MR) is 138 cm³/mol. The molecule has 1 heterocycles. The van der Waals surface area contributed by atoms with E-state index in [-0.39, 0.29) is 12.4 Å². The molecule has 0 radical (unpaired) electrons. The first-order valence-electron chi connectivity index (χ1n) is 11.0. The number of methoxy groups -OCH3 is 1. The van der Waals surface area contributed by atoms with Crippen LogP contribution in [-0.4, -0.2) is 33.3 Å². The van der Waals surface area contributed by atoms with Crippen molar-refractivity contribution in [3.63, 3.8) is 0 Å². The fraction of sp³-hybridized carbons (Fsp3) is 0.200. The molecule has 0 amide bonds. The fourth-order valence-electron chi connectivity index (χ4n) is 3.61. The number of aryl methyl sites for hydroxylation is 1. The van der Waals surface area contributed by atoms with E-state index in [2.05, 4.69) is 26.1 Å². The van der Waals surface area contributed by atoms with E-state index in [9.17, 15) is 18.9 Å². The first-order valence-corrected chi connectivity index (χ1v) is 12.6. The molecule has 1 atom stereocenters. The first-order chi connectivity index (χ1) is 17.8. The van der Waals surface area contributed by atoms with E-state index in [4.69, 9.17) is 9.47 Å². The molecule has 0 aliphatic rings. The van der Waals surface area contributed by atoms with Gasteiger partial charge in [0, 0.05) is 16.2 Å². The number of hydrogen-bond donors (Lipinski definition) is 0. The second-order valence-corrected chi connectivity index (χ2v) is 9.90. The largest absolute Gasteiger partial charge is 0.493 e. The maximum absolute atomic E-state index is 14.0. The maximum atomic E-state index is 14.0. The van der Waals surface area contributed by atoms with Crippen molar-refractivity contribution in [1.82, 2.24) is 14.8 Å². The minimum Gasteiger partial charge on any atom is -0.493 e. The Bertz CT molecular complexity index is 1420. The minimum atomic E-state index is -0.677. The Hall–Kier alpha value is -3.51. The highest BCUT2D eigenvalue weighted by molar-refractivity contribution is 9.10. The van der Waals surface area contributed by atoms with Crippen LogP contribution in [0.15, 0.2) is 70.3 Å². The number of thioether (sulfide) groups is 1. The van der Waals surface area contributed by atoms with Crippen LogP contribution >= 0.6 is 27.7 Å². The molecule has 192 valence electrons. The van der Waals surface area contributed by atoms with Crippen molar-refractivity contribution in [2.45, 2.75) is 23.9 Å². The molecule has 8 nitrogen and oxygen atoms in total. The van der Waals surface area contributed by atoms with Gasteiger partial charge in [0.25, 0.3) is 0 Å². The lowest BCUT2D eigenvalue weighted by Gasteiger charge is -2.18. The van der Waals surface area contributed by atoms with Gasteiger partial charge in [0.15, 0.2) is 16.7 Å². The van der Waals surface area contributed by atoms with Crippen molar-refractivity contribution in [3.05, 3.63) is 104 Å². The van der Waals surface area contributed by atoms with Gasteiger partial charge >= 0.3 is 0 Å². The summed E-state index contributed by atoms with van der Waals surface area (Å²) in [5.41, 5.74) is 1.58.